The Morgan fingerprint density at radius 1 is 0.871 bits per heavy atom. The van der Waals surface area contributed by atoms with Crippen molar-refractivity contribution in [1.29, 1.82) is 0 Å². The molecule has 3 aromatic rings. The zero-order chi connectivity index (χ0) is 22.4. The monoisotopic (exact) mass is 436 g/mol. The molecular formula is C25H28N2O3S. The summed E-state index contributed by atoms with van der Waals surface area (Å²) in [5.41, 5.74) is 2.83. The molecule has 5 nitrogen and oxygen atoms in total. The van der Waals surface area contributed by atoms with E-state index >= 15 is 0 Å². The van der Waals surface area contributed by atoms with Crippen LogP contribution in [0.5, 0.6) is 0 Å². The van der Waals surface area contributed by atoms with E-state index < -0.39 is 10.0 Å². The van der Waals surface area contributed by atoms with Gasteiger partial charge in [-0.1, -0.05) is 80.6 Å². The Kier molecular flexibility index (Phi) is 7.25. The normalized spacial score (nSPS) is 11.6. The lowest BCUT2D eigenvalue weighted by Gasteiger charge is -2.22. The van der Waals surface area contributed by atoms with Gasteiger partial charge in [0.05, 0.1) is 10.9 Å². The van der Waals surface area contributed by atoms with E-state index in [0.717, 1.165) is 11.1 Å². The van der Waals surface area contributed by atoms with E-state index in [1.165, 1.54) is 10.4 Å². The molecule has 1 N–H and O–H groups in total. The molecule has 0 spiro atoms. The number of benzene rings is 3. The average Bonchev–Trinajstić information content (AvgIpc) is 2.79. The summed E-state index contributed by atoms with van der Waals surface area (Å²) in [7, 11) is -3.67. The van der Waals surface area contributed by atoms with Crippen LogP contribution in [0.2, 0.25) is 0 Å². The molecule has 0 radical (unpaired) electrons. The number of carbonyl (C=O) groups is 1. The minimum Gasteiger partial charge on any atom is -0.341 e. The summed E-state index contributed by atoms with van der Waals surface area (Å²) >= 11 is 0. The Hall–Kier alpha value is -2.96. The molecule has 0 unspecified atom stereocenters. The zero-order valence-electron chi connectivity index (χ0n) is 18.1. The van der Waals surface area contributed by atoms with E-state index in [1.54, 1.807) is 32.9 Å². The lowest BCUT2D eigenvalue weighted by atomic mass is 9.98. The van der Waals surface area contributed by atoms with Crippen LogP contribution in [0.1, 0.15) is 46.9 Å². The van der Waals surface area contributed by atoms with Crippen molar-refractivity contribution in [2.24, 2.45) is 0 Å². The van der Waals surface area contributed by atoms with Gasteiger partial charge in [0.15, 0.2) is 0 Å². The summed E-state index contributed by atoms with van der Waals surface area (Å²) in [5, 5.41) is 3.07. The Morgan fingerprint density at radius 2 is 1.39 bits per heavy atom. The van der Waals surface area contributed by atoms with Gasteiger partial charge >= 0.3 is 0 Å². The zero-order valence-corrected chi connectivity index (χ0v) is 18.9. The Bertz CT molecular complexity index is 1090. The van der Waals surface area contributed by atoms with Gasteiger partial charge in [-0.15, -0.1) is 0 Å². The van der Waals surface area contributed by atoms with Crippen LogP contribution >= 0.6 is 0 Å². The van der Waals surface area contributed by atoms with Gasteiger partial charge in [-0.3, -0.25) is 4.79 Å². The third-order valence-electron chi connectivity index (χ3n) is 5.31. The Balaban J connectivity index is 1.97. The van der Waals surface area contributed by atoms with Crippen LogP contribution in [0.4, 0.5) is 0 Å². The molecule has 0 aromatic heterocycles. The maximum absolute atomic E-state index is 13.2. The molecule has 0 saturated carbocycles. The number of nitrogens with zero attached hydrogens (tertiary/aromatic N) is 1. The van der Waals surface area contributed by atoms with Gasteiger partial charge in [-0.25, -0.2) is 8.42 Å². The molecular weight excluding hydrogens is 408 g/mol. The highest BCUT2D eigenvalue weighted by Gasteiger charge is 2.25. The number of rotatable bonds is 8. The molecule has 6 heteroatoms. The summed E-state index contributed by atoms with van der Waals surface area (Å²) in [6.45, 7) is 6.10. The largest absolute Gasteiger partial charge is 0.341 e. The molecule has 0 atom stereocenters. The fourth-order valence-electron chi connectivity index (χ4n) is 3.59. The summed E-state index contributed by atoms with van der Waals surface area (Å²) in [5.74, 6) is -0.325. The van der Waals surface area contributed by atoms with E-state index in [-0.39, 0.29) is 16.8 Å². The maximum atomic E-state index is 13.2. The highest BCUT2D eigenvalue weighted by molar-refractivity contribution is 7.89. The molecule has 0 aliphatic carbocycles. The molecule has 0 bridgehead atoms. The summed E-state index contributed by atoms with van der Waals surface area (Å²) in [6, 6.07) is 23.9. The Morgan fingerprint density at radius 3 is 1.87 bits per heavy atom. The number of amides is 1. The predicted octanol–water partition coefficient (Wildman–Crippen LogP) is 4.54. The molecule has 3 aromatic carbocycles. The third kappa shape index (κ3) is 5.03. The van der Waals surface area contributed by atoms with E-state index in [2.05, 4.69) is 5.32 Å². The van der Waals surface area contributed by atoms with E-state index in [0.29, 0.717) is 24.2 Å². The number of nitrogens with one attached hydrogen (secondary N) is 1. The molecule has 31 heavy (non-hydrogen) atoms. The van der Waals surface area contributed by atoms with Crippen molar-refractivity contribution in [3.8, 4) is 0 Å². The molecule has 0 fully saturated rings. The maximum Gasteiger partial charge on any atom is 0.252 e. The average molecular weight is 437 g/mol. The second-order valence-electron chi connectivity index (χ2n) is 7.30. The molecule has 162 valence electrons. The topological polar surface area (TPSA) is 66.5 Å². The van der Waals surface area contributed by atoms with E-state index in [4.69, 9.17) is 0 Å². The van der Waals surface area contributed by atoms with Crippen LogP contribution in [0, 0.1) is 6.92 Å². The fourth-order valence-corrected chi connectivity index (χ4v) is 5.30. The first-order valence-electron chi connectivity index (χ1n) is 10.4. The number of hydrogen-bond acceptors (Lipinski definition) is 3. The van der Waals surface area contributed by atoms with Gasteiger partial charge in [-0.05, 0) is 35.7 Å². The number of sulfonamides is 1. The van der Waals surface area contributed by atoms with Gasteiger partial charge in [0.1, 0.15) is 0 Å². The Labute approximate surface area is 184 Å². The first kappa shape index (κ1) is 22.7. The summed E-state index contributed by atoms with van der Waals surface area (Å²) < 4.78 is 27.5. The minimum atomic E-state index is -3.67. The molecule has 3 rings (SSSR count). The van der Waals surface area contributed by atoms with Crippen molar-refractivity contribution in [3.05, 3.63) is 101 Å². The van der Waals surface area contributed by atoms with Crippen molar-refractivity contribution in [2.45, 2.75) is 31.7 Å². The molecule has 1 amide bonds. The SMILES string of the molecule is CCN(CC)S(=O)(=O)c1cc(C(=O)NC(c2ccccc2)c2ccccc2)ccc1C. The predicted molar refractivity (Wildman–Crippen MR) is 123 cm³/mol. The molecule has 0 aliphatic rings. The van der Waals surface area contributed by atoms with Crippen molar-refractivity contribution in [2.75, 3.05) is 13.1 Å². The third-order valence-corrected chi connectivity index (χ3v) is 7.51. The first-order valence-corrected chi connectivity index (χ1v) is 11.8. The van der Waals surface area contributed by atoms with Gasteiger partial charge in [-0.2, -0.15) is 4.31 Å². The van der Waals surface area contributed by atoms with E-state index in [9.17, 15) is 13.2 Å². The number of hydrogen-bond donors (Lipinski definition) is 1. The lowest BCUT2D eigenvalue weighted by molar-refractivity contribution is 0.0942. The lowest BCUT2D eigenvalue weighted by Crippen LogP contribution is -2.32. The molecule has 0 aliphatic heterocycles. The fraction of sp³-hybridized carbons (Fsp3) is 0.240. The van der Waals surface area contributed by atoms with Gasteiger partial charge < -0.3 is 5.32 Å². The number of carbonyl (C=O) groups excluding carboxylic acids is 1. The molecule has 0 saturated heterocycles. The van der Waals surface area contributed by atoms with Crippen molar-refractivity contribution in [3.63, 3.8) is 0 Å². The highest BCUT2D eigenvalue weighted by atomic mass is 32.2. The van der Waals surface area contributed by atoms with Crippen LogP contribution in [-0.2, 0) is 10.0 Å². The second-order valence-corrected chi connectivity index (χ2v) is 9.20. The van der Waals surface area contributed by atoms with Crippen LogP contribution in [-0.4, -0.2) is 31.7 Å². The van der Waals surface area contributed by atoms with Crippen molar-refractivity contribution < 1.29 is 13.2 Å². The van der Waals surface area contributed by atoms with Gasteiger partial charge in [0.2, 0.25) is 10.0 Å². The minimum absolute atomic E-state index is 0.167. The second kappa shape index (κ2) is 9.90. The summed E-state index contributed by atoms with van der Waals surface area (Å²) in [4.78, 5) is 13.3. The van der Waals surface area contributed by atoms with Crippen LogP contribution < -0.4 is 5.32 Å². The van der Waals surface area contributed by atoms with Crippen LogP contribution in [0.3, 0.4) is 0 Å². The smallest absolute Gasteiger partial charge is 0.252 e. The van der Waals surface area contributed by atoms with Crippen molar-refractivity contribution in [1.82, 2.24) is 9.62 Å². The quantitative estimate of drug-likeness (QED) is 0.564. The highest BCUT2D eigenvalue weighted by Crippen LogP contribution is 2.24. The summed E-state index contributed by atoms with van der Waals surface area (Å²) in [6.07, 6.45) is 0. The van der Waals surface area contributed by atoms with Crippen molar-refractivity contribution >= 4 is 15.9 Å². The number of aryl methyl sites for hydroxylation is 1. The van der Waals surface area contributed by atoms with E-state index in [1.807, 2.05) is 60.7 Å². The van der Waals surface area contributed by atoms with Gasteiger partial charge in [0.25, 0.3) is 5.91 Å². The molecule has 0 heterocycles. The van der Waals surface area contributed by atoms with Gasteiger partial charge in [0, 0.05) is 18.7 Å². The first-order chi connectivity index (χ1) is 14.9. The van der Waals surface area contributed by atoms with Crippen LogP contribution in [0.25, 0.3) is 0 Å². The van der Waals surface area contributed by atoms with Crippen LogP contribution in [0.15, 0.2) is 83.8 Å². The standard InChI is InChI=1S/C25H28N2O3S/c1-4-27(5-2)31(29,30)23-18-22(17-16-19(23)3)25(28)26-24(20-12-8-6-9-13-20)21-14-10-7-11-15-21/h6-18,24H,4-5H2,1-3H3,(H,26,28).